The minimum absolute atomic E-state index is 0.0646. The minimum Gasteiger partial charge on any atom is -0.394 e. The predicted molar refractivity (Wildman–Crippen MR) is 72.5 cm³/mol. The third-order valence-electron chi connectivity index (χ3n) is 3.84. The molecule has 3 rings (SSSR count). The second-order valence-electron chi connectivity index (χ2n) is 5.33. The van der Waals surface area contributed by atoms with Gasteiger partial charge >= 0.3 is 0 Å². The van der Waals surface area contributed by atoms with E-state index in [0.717, 1.165) is 0 Å². The molecule has 0 amide bonds. The Morgan fingerprint density at radius 1 is 1.57 bits per heavy atom. The highest BCUT2D eigenvalue weighted by Gasteiger charge is 2.53. The minimum atomic E-state index is -1.64. The molecule has 114 valence electrons. The van der Waals surface area contributed by atoms with Gasteiger partial charge in [-0.2, -0.15) is 0 Å². The first-order valence-corrected chi connectivity index (χ1v) is 6.39. The van der Waals surface area contributed by atoms with Crippen molar-refractivity contribution < 1.29 is 20.1 Å². The molecule has 2 aromatic heterocycles. The number of nitrogens with one attached hydrogen (secondary N) is 2. The van der Waals surface area contributed by atoms with Crippen LogP contribution in [0.5, 0.6) is 0 Å². The summed E-state index contributed by atoms with van der Waals surface area (Å²) in [6.45, 7) is 0.958. The molecule has 3 heterocycles. The lowest BCUT2D eigenvalue weighted by molar-refractivity contribution is -0.0641. The van der Waals surface area contributed by atoms with Crippen LogP contribution < -0.4 is 11.3 Å². The summed E-state index contributed by atoms with van der Waals surface area (Å²) < 4.78 is 5.51. The summed E-state index contributed by atoms with van der Waals surface area (Å²) >= 11 is 0. The fraction of sp³-hybridized carbons (Fsp3) is 0.500. The van der Waals surface area contributed by atoms with Gasteiger partial charge in [0.1, 0.15) is 34.9 Å². The Morgan fingerprint density at radius 3 is 2.90 bits per heavy atom. The Kier molecular flexibility index (Phi) is 3.02. The smallest absolute Gasteiger partial charge is 0.276 e. The molecule has 1 fully saturated rings. The summed E-state index contributed by atoms with van der Waals surface area (Å²) in [5, 5.41) is 29.6. The number of hydrogen-bond acceptors (Lipinski definition) is 7. The highest BCUT2D eigenvalue weighted by molar-refractivity contribution is 5.79. The van der Waals surface area contributed by atoms with Crippen LogP contribution in [0.4, 0.5) is 5.95 Å². The maximum atomic E-state index is 11.8. The van der Waals surface area contributed by atoms with E-state index in [2.05, 4.69) is 15.0 Å². The van der Waals surface area contributed by atoms with Gasteiger partial charge in [-0.3, -0.25) is 9.78 Å². The summed E-state index contributed by atoms with van der Waals surface area (Å²) in [5.41, 5.74) is 4.29. The number of nitrogens with zero attached hydrogens (tertiary/aromatic N) is 1. The maximum Gasteiger partial charge on any atom is 0.276 e. The van der Waals surface area contributed by atoms with Crippen LogP contribution in [-0.2, 0) is 4.74 Å². The van der Waals surface area contributed by atoms with Gasteiger partial charge < -0.3 is 30.8 Å². The first-order chi connectivity index (χ1) is 9.86. The molecular formula is C12H16N4O5. The molecule has 1 aliphatic rings. The van der Waals surface area contributed by atoms with Crippen molar-refractivity contribution in [3.8, 4) is 0 Å². The van der Waals surface area contributed by atoms with Gasteiger partial charge in [0.15, 0.2) is 0 Å². The van der Waals surface area contributed by atoms with Gasteiger partial charge in [-0.1, -0.05) is 0 Å². The monoisotopic (exact) mass is 296 g/mol. The molecule has 1 aliphatic heterocycles. The highest BCUT2D eigenvalue weighted by Crippen LogP contribution is 2.42. The molecule has 4 atom stereocenters. The van der Waals surface area contributed by atoms with E-state index in [1.165, 1.54) is 13.1 Å². The van der Waals surface area contributed by atoms with E-state index in [9.17, 15) is 20.1 Å². The zero-order chi connectivity index (χ0) is 15.4. The zero-order valence-electron chi connectivity index (χ0n) is 11.2. The summed E-state index contributed by atoms with van der Waals surface area (Å²) in [5.74, 6) is -0.0646. The number of nitrogen functional groups attached to an aromatic ring is 1. The molecule has 0 aromatic carbocycles. The van der Waals surface area contributed by atoms with Gasteiger partial charge in [0.05, 0.1) is 6.61 Å². The van der Waals surface area contributed by atoms with E-state index >= 15 is 0 Å². The Hall–Kier alpha value is -1.94. The number of rotatable bonds is 2. The average Bonchev–Trinajstić information content (AvgIpc) is 2.91. The van der Waals surface area contributed by atoms with E-state index in [0.29, 0.717) is 5.56 Å². The van der Waals surface area contributed by atoms with Gasteiger partial charge in [0.2, 0.25) is 5.95 Å². The lowest BCUT2D eigenvalue weighted by Crippen LogP contribution is -2.43. The second-order valence-corrected chi connectivity index (χ2v) is 5.33. The summed E-state index contributed by atoms with van der Waals surface area (Å²) in [6.07, 6.45) is -1.67. The van der Waals surface area contributed by atoms with Crippen LogP contribution in [0.2, 0.25) is 0 Å². The molecule has 0 saturated carbocycles. The van der Waals surface area contributed by atoms with Crippen LogP contribution in [0.1, 0.15) is 18.6 Å². The molecule has 9 nitrogen and oxygen atoms in total. The van der Waals surface area contributed by atoms with E-state index in [1.54, 1.807) is 0 Å². The van der Waals surface area contributed by atoms with Crippen molar-refractivity contribution >= 4 is 17.0 Å². The highest BCUT2D eigenvalue weighted by atomic mass is 16.6. The maximum absolute atomic E-state index is 11.8. The molecule has 0 radical (unpaired) electrons. The summed E-state index contributed by atoms with van der Waals surface area (Å²) in [6, 6.07) is 0. The SMILES string of the molecule is C[C@@]1(O)[C@H](O)[C@@H](CO)O[C@H]1c1c[nH]c2c(=O)[nH]c(N)nc12. The Morgan fingerprint density at radius 2 is 2.29 bits per heavy atom. The van der Waals surface area contributed by atoms with Crippen molar-refractivity contribution in [2.75, 3.05) is 12.3 Å². The fourth-order valence-corrected chi connectivity index (χ4v) is 2.70. The number of fused-ring (bicyclic) bond motifs is 1. The van der Waals surface area contributed by atoms with Crippen molar-refractivity contribution in [1.82, 2.24) is 15.0 Å². The molecule has 0 spiro atoms. The number of ether oxygens (including phenoxy) is 1. The van der Waals surface area contributed by atoms with Gasteiger partial charge in [0.25, 0.3) is 5.56 Å². The quantitative estimate of drug-likeness (QED) is 0.388. The summed E-state index contributed by atoms with van der Waals surface area (Å²) in [7, 11) is 0. The predicted octanol–water partition coefficient (Wildman–Crippen LogP) is -1.62. The number of aliphatic hydroxyl groups excluding tert-OH is 2. The lowest BCUT2D eigenvalue weighted by Gasteiger charge is -2.26. The van der Waals surface area contributed by atoms with Crippen LogP contribution >= 0.6 is 0 Å². The molecule has 7 N–H and O–H groups in total. The Bertz CT molecular complexity index is 737. The zero-order valence-corrected chi connectivity index (χ0v) is 11.2. The van der Waals surface area contributed by atoms with E-state index in [4.69, 9.17) is 10.5 Å². The van der Waals surface area contributed by atoms with Gasteiger partial charge in [-0.25, -0.2) is 4.98 Å². The van der Waals surface area contributed by atoms with Crippen LogP contribution in [0, 0.1) is 0 Å². The van der Waals surface area contributed by atoms with E-state index in [-0.39, 0.29) is 17.0 Å². The summed E-state index contributed by atoms with van der Waals surface area (Å²) in [4.78, 5) is 20.9. The molecule has 2 aromatic rings. The van der Waals surface area contributed by atoms with Gasteiger partial charge in [-0.15, -0.1) is 0 Å². The normalized spacial score (nSPS) is 32.9. The molecule has 21 heavy (non-hydrogen) atoms. The van der Waals surface area contributed by atoms with Crippen molar-refractivity contribution in [2.24, 2.45) is 0 Å². The number of aliphatic hydroxyl groups is 3. The van der Waals surface area contributed by atoms with E-state index in [1.807, 2.05) is 0 Å². The molecule has 0 bridgehead atoms. The van der Waals surface area contributed by atoms with Crippen LogP contribution in [0.25, 0.3) is 11.0 Å². The molecule has 0 unspecified atom stereocenters. The van der Waals surface area contributed by atoms with Gasteiger partial charge in [0, 0.05) is 11.8 Å². The van der Waals surface area contributed by atoms with Crippen LogP contribution in [0.3, 0.4) is 0 Å². The molecule has 9 heteroatoms. The molecular weight excluding hydrogens is 280 g/mol. The van der Waals surface area contributed by atoms with Crippen LogP contribution in [0.15, 0.2) is 11.0 Å². The molecule has 1 saturated heterocycles. The number of aromatic amines is 2. The number of H-pyrrole nitrogens is 2. The van der Waals surface area contributed by atoms with Crippen molar-refractivity contribution in [1.29, 1.82) is 0 Å². The third-order valence-corrected chi connectivity index (χ3v) is 3.84. The Balaban J connectivity index is 2.15. The number of nitrogens with two attached hydrogens (primary N) is 1. The van der Waals surface area contributed by atoms with Crippen LogP contribution in [-0.4, -0.2) is 54.7 Å². The largest absolute Gasteiger partial charge is 0.394 e. The fourth-order valence-electron chi connectivity index (χ4n) is 2.70. The van der Waals surface area contributed by atoms with Crippen molar-refractivity contribution in [3.63, 3.8) is 0 Å². The first kappa shape index (κ1) is 14.0. The number of hydrogen-bond donors (Lipinski definition) is 6. The Labute approximate surface area is 118 Å². The second kappa shape index (κ2) is 4.53. The molecule has 0 aliphatic carbocycles. The third kappa shape index (κ3) is 1.94. The number of anilines is 1. The lowest BCUT2D eigenvalue weighted by atomic mass is 9.89. The average molecular weight is 296 g/mol. The van der Waals surface area contributed by atoms with E-state index < -0.39 is 36.1 Å². The first-order valence-electron chi connectivity index (χ1n) is 6.39. The number of aromatic nitrogens is 3. The van der Waals surface area contributed by atoms with Crippen molar-refractivity contribution in [2.45, 2.75) is 30.8 Å². The standard InChI is InChI=1S/C12H16N4O5/c1-12(20)8(18)5(3-17)21-9(12)4-2-14-7-6(4)15-11(13)16-10(7)19/h2,5,8-9,14,17-18,20H,3H2,1H3,(H3,13,15,16,19)/t5-,8-,9+,12-/m1/s1. The van der Waals surface area contributed by atoms with Gasteiger partial charge in [-0.05, 0) is 6.92 Å². The van der Waals surface area contributed by atoms with Crippen molar-refractivity contribution in [3.05, 3.63) is 22.1 Å². The topological polar surface area (TPSA) is 157 Å².